The Bertz CT molecular complexity index is 1430. The molecule has 0 unspecified atom stereocenters. The van der Waals surface area contributed by atoms with E-state index in [1.807, 2.05) is 32.1 Å². The van der Waals surface area contributed by atoms with Crippen molar-refractivity contribution in [3.05, 3.63) is 36.5 Å². The Kier molecular flexibility index (Phi) is 43.5. The summed E-state index contributed by atoms with van der Waals surface area (Å²) in [6.45, 7) is 11.5. The van der Waals surface area contributed by atoms with Crippen LogP contribution in [0.4, 0.5) is 4.79 Å². The summed E-state index contributed by atoms with van der Waals surface area (Å²) in [6, 6.07) is 0. The molecular formula is C54H91NO15. The smallest absolute Gasteiger partial charge is 0.465 e. The molecule has 0 heterocycles. The summed E-state index contributed by atoms with van der Waals surface area (Å²) in [5, 5.41) is 0. The van der Waals surface area contributed by atoms with Gasteiger partial charge in [0.1, 0.15) is 31.8 Å². The van der Waals surface area contributed by atoms with Gasteiger partial charge >= 0.3 is 42.0 Å². The maximum Gasteiger partial charge on any atom is 0.508 e. The van der Waals surface area contributed by atoms with Crippen molar-refractivity contribution in [3.63, 3.8) is 0 Å². The summed E-state index contributed by atoms with van der Waals surface area (Å²) >= 11 is 0. The molecule has 0 amide bonds. The lowest BCUT2D eigenvalue weighted by molar-refractivity contribution is -0.166. The standard InChI is InChI=1S/C54H91NO15/c1-6-11-14-17-20-23-26-40-64-48(57)33-29-36-51(60)68-44-54(46-70-53(62)66-42-31-38-55(9-4)10-5,43-67-50(59)35-28-32-47(56)63-39-25-22-19-16-13-8-3)45-69-52(61)37-30-34-49(58)65-41-27-24-21-18-15-12-7-2/h19-24H,6-18,25-46H2,1-5H3/b22-19-,23-20-,24-21-. The number of hydrogen-bond donors (Lipinski definition) is 0. The molecule has 0 bridgehead atoms. The van der Waals surface area contributed by atoms with Crippen molar-refractivity contribution in [3.8, 4) is 0 Å². The van der Waals surface area contributed by atoms with E-state index in [0.717, 1.165) is 70.9 Å². The van der Waals surface area contributed by atoms with Crippen LogP contribution in [0.2, 0.25) is 0 Å². The molecule has 0 aliphatic heterocycles. The number of ether oxygens (including phenoxy) is 8. The molecule has 0 aromatic rings. The summed E-state index contributed by atoms with van der Waals surface area (Å²) in [5.74, 6) is -3.47. The molecule has 402 valence electrons. The van der Waals surface area contributed by atoms with Crippen LogP contribution in [-0.2, 0) is 66.7 Å². The SMILES string of the molecule is CCCC/C=C\CCOC(=O)CCCC(=O)OCC(COC(=O)CCCC(=O)OCC/C=C\CCCCC)(COC(=O)CCCC(=O)OCC/C=C\CCCCC)COC(=O)OCCCN(CC)CC. The summed E-state index contributed by atoms with van der Waals surface area (Å²) in [6.07, 6.45) is 25.3. The van der Waals surface area contributed by atoms with Gasteiger partial charge in [-0.05, 0) is 90.1 Å². The average molecular weight is 994 g/mol. The molecule has 0 aliphatic rings. The van der Waals surface area contributed by atoms with E-state index in [2.05, 4.69) is 43.9 Å². The third-order valence-electron chi connectivity index (χ3n) is 10.9. The van der Waals surface area contributed by atoms with Crippen LogP contribution in [0.1, 0.15) is 189 Å². The van der Waals surface area contributed by atoms with Crippen LogP contribution in [0.15, 0.2) is 36.5 Å². The Balaban J connectivity index is 5.77. The molecule has 0 aromatic heterocycles. The second-order valence-electron chi connectivity index (χ2n) is 17.4. The van der Waals surface area contributed by atoms with E-state index in [0.29, 0.717) is 32.2 Å². The molecule has 0 N–H and O–H groups in total. The van der Waals surface area contributed by atoms with Crippen LogP contribution in [0, 0.1) is 5.41 Å². The number of hydrogen-bond acceptors (Lipinski definition) is 16. The molecule has 70 heavy (non-hydrogen) atoms. The van der Waals surface area contributed by atoms with E-state index in [4.69, 9.17) is 37.9 Å². The van der Waals surface area contributed by atoms with Gasteiger partial charge in [0.05, 0.1) is 26.4 Å². The first-order valence-electron chi connectivity index (χ1n) is 26.3. The monoisotopic (exact) mass is 994 g/mol. The predicted octanol–water partition coefficient (Wildman–Crippen LogP) is 10.8. The Labute approximate surface area is 420 Å². The summed E-state index contributed by atoms with van der Waals surface area (Å²) in [5.41, 5.74) is -1.60. The highest BCUT2D eigenvalue weighted by Crippen LogP contribution is 2.23. The third kappa shape index (κ3) is 41.1. The minimum Gasteiger partial charge on any atom is -0.465 e. The van der Waals surface area contributed by atoms with Crippen LogP contribution in [-0.4, -0.2) is 119 Å². The molecule has 0 atom stereocenters. The second kappa shape index (κ2) is 46.6. The molecule has 0 radical (unpaired) electrons. The summed E-state index contributed by atoms with van der Waals surface area (Å²) in [7, 11) is 0. The van der Waals surface area contributed by atoms with Crippen LogP contribution in [0.3, 0.4) is 0 Å². The maximum atomic E-state index is 13.1. The Morgan fingerprint density at radius 1 is 0.343 bits per heavy atom. The number of carbonyl (C=O) groups is 7. The van der Waals surface area contributed by atoms with Gasteiger partial charge in [0, 0.05) is 45.1 Å². The first-order valence-corrected chi connectivity index (χ1v) is 26.3. The average Bonchev–Trinajstić information content (AvgIpc) is 3.34. The number of nitrogens with zero attached hydrogens (tertiary/aromatic N) is 1. The predicted molar refractivity (Wildman–Crippen MR) is 269 cm³/mol. The van der Waals surface area contributed by atoms with E-state index in [1.54, 1.807) is 0 Å². The highest BCUT2D eigenvalue weighted by atomic mass is 16.7. The van der Waals surface area contributed by atoms with Gasteiger partial charge in [-0.25, -0.2) is 4.79 Å². The number of allylic oxidation sites excluding steroid dienone is 3. The van der Waals surface area contributed by atoms with Crippen molar-refractivity contribution >= 4 is 42.0 Å². The van der Waals surface area contributed by atoms with E-state index in [-0.39, 0.29) is 84.2 Å². The molecule has 0 fully saturated rings. The lowest BCUT2D eigenvalue weighted by Crippen LogP contribution is -2.44. The Morgan fingerprint density at radius 2 is 0.671 bits per heavy atom. The fraction of sp³-hybridized carbons (Fsp3) is 0.759. The van der Waals surface area contributed by atoms with Gasteiger partial charge in [-0.3, -0.25) is 28.8 Å². The van der Waals surface area contributed by atoms with Crippen molar-refractivity contribution in [2.45, 2.75) is 189 Å². The molecular weight excluding hydrogens is 903 g/mol. The zero-order valence-electron chi connectivity index (χ0n) is 43.8. The summed E-state index contributed by atoms with van der Waals surface area (Å²) < 4.78 is 43.5. The zero-order chi connectivity index (χ0) is 51.8. The Morgan fingerprint density at radius 3 is 1.03 bits per heavy atom. The van der Waals surface area contributed by atoms with Crippen LogP contribution >= 0.6 is 0 Å². The van der Waals surface area contributed by atoms with Crippen LogP contribution < -0.4 is 0 Å². The minimum atomic E-state index is -1.60. The fourth-order valence-electron chi connectivity index (χ4n) is 6.53. The first-order chi connectivity index (χ1) is 33.9. The van der Waals surface area contributed by atoms with E-state index in [1.165, 1.54) is 12.8 Å². The molecule has 16 heteroatoms. The largest absolute Gasteiger partial charge is 0.508 e. The number of unbranched alkanes of at least 4 members (excludes halogenated alkanes) is 8. The molecule has 0 aliphatic carbocycles. The summed E-state index contributed by atoms with van der Waals surface area (Å²) in [4.78, 5) is 91.2. The molecule has 0 spiro atoms. The van der Waals surface area contributed by atoms with E-state index in [9.17, 15) is 33.6 Å². The van der Waals surface area contributed by atoms with E-state index < -0.39 is 73.8 Å². The highest BCUT2D eigenvalue weighted by molar-refractivity contribution is 5.74. The van der Waals surface area contributed by atoms with Crippen molar-refractivity contribution in [2.24, 2.45) is 5.41 Å². The molecule has 0 aromatic carbocycles. The minimum absolute atomic E-state index is 0.0216. The highest BCUT2D eigenvalue weighted by Gasteiger charge is 2.38. The quantitative estimate of drug-likeness (QED) is 0.0241. The zero-order valence-corrected chi connectivity index (χ0v) is 43.8. The van der Waals surface area contributed by atoms with Gasteiger partial charge in [-0.1, -0.05) is 110 Å². The third-order valence-corrected chi connectivity index (χ3v) is 10.9. The molecule has 0 rings (SSSR count). The van der Waals surface area contributed by atoms with Crippen LogP contribution in [0.5, 0.6) is 0 Å². The number of esters is 6. The van der Waals surface area contributed by atoms with Gasteiger partial charge in [-0.2, -0.15) is 0 Å². The second-order valence-corrected chi connectivity index (χ2v) is 17.4. The van der Waals surface area contributed by atoms with E-state index >= 15 is 0 Å². The normalized spacial score (nSPS) is 11.6. The maximum absolute atomic E-state index is 13.1. The number of carbonyl (C=O) groups excluding carboxylic acids is 7. The molecule has 0 saturated carbocycles. The van der Waals surface area contributed by atoms with Gasteiger partial charge in [0.25, 0.3) is 0 Å². The van der Waals surface area contributed by atoms with Gasteiger partial charge in [-0.15, -0.1) is 0 Å². The van der Waals surface area contributed by atoms with Crippen molar-refractivity contribution in [1.82, 2.24) is 4.90 Å². The molecule has 16 nitrogen and oxygen atoms in total. The van der Waals surface area contributed by atoms with Crippen molar-refractivity contribution in [2.75, 3.05) is 72.5 Å². The van der Waals surface area contributed by atoms with Crippen LogP contribution in [0.25, 0.3) is 0 Å². The lowest BCUT2D eigenvalue weighted by Gasteiger charge is -2.31. The van der Waals surface area contributed by atoms with Gasteiger partial charge < -0.3 is 42.8 Å². The number of rotatable bonds is 46. The molecule has 0 saturated heterocycles. The first kappa shape index (κ1) is 65.3. The topological polar surface area (TPSA) is 197 Å². The fourth-order valence-corrected chi connectivity index (χ4v) is 6.53. The van der Waals surface area contributed by atoms with Crippen molar-refractivity contribution in [1.29, 1.82) is 0 Å². The van der Waals surface area contributed by atoms with Crippen molar-refractivity contribution < 1.29 is 71.5 Å². The van der Waals surface area contributed by atoms with Gasteiger partial charge in [0.15, 0.2) is 0 Å². The van der Waals surface area contributed by atoms with Gasteiger partial charge in [0.2, 0.25) is 0 Å². The lowest BCUT2D eigenvalue weighted by atomic mass is 9.92. The Hall–Kier alpha value is -4.73.